The molecule has 0 unspecified atom stereocenters. The number of hydrogen-bond donors (Lipinski definition) is 1. The molecule has 80 valence electrons. The van der Waals surface area contributed by atoms with Gasteiger partial charge in [-0.05, 0) is 0 Å². The molecule has 5 nitrogen and oxygen atoms in total. The Labute approximate surface area is 89.3 Å². The number of halogens is 1. The zero-order chi connectivity index (χ0) is 9.10. The number of nitrogens with one attached hydrogen (secondary N) is 1. The number of aromatic nitrogens is 2. The van der Waals surface area contributed by atoms with E-state index in [1.54, 1.807) is 0 Å². The largest absolute Gasteiger partial charge is 0.340 e. The summed E-state index contributed by atoms with van der Waals surface area (Å²) in [7, 11) is 0. The van der Waals surface area contributed by atoms with Crippen molar-refractivity contribution in [2.75, 3.05) is 26.2 Å². The Balaban J connectivity index is 0.000000980. The highest BCUT2D eigenvalue weighted by Gasteiger charge is 2.12. The van der Waals surface area contributed by atoms with Gasteiger partial charge in [-0.15, -0.1) is 12.4 Å². The van der Waals surface area contributed by atoms with E-state index in [9.17, 15) is 0 Å². The Morgan fingerprint density at radius 3 is 2.71 bits per heavy atom. The lowest BCUT2D eigenvalue weighted by atomic mass is 10.3. The summed E-state index contributed by atoms with van der Waals surface area (Å²) in [5.41, 5.74) is 0. The van der Waals surface area contributed by atoms with E-state index in [-0.39, 0.29) is 12.4 Å². The standard InChI is InChI=1S/C8H14N4O.ClH/c1-7-10-8(11-13-7)6-12-4-2-9-3-5-12;/h9H,2-6H2,1H3;1H. The molecule has 0 bridgehead atoms. The molecule has 0 spiro atoms. The van der Waals surface area contributed by atoms with E-state index in [1.165, 1.54) is 0 Å². The SMILES string of the molecule is Cc1nc(CN2CCNCC2)no1.Cl. The fraction of sp³-hybridized carbons (Fsp3) is 0.750. The molecular weight excluding hydrogens is 204 g/mol. The minimum atomic E-state index is 0. The van der Waals surface area contributed by atoms with E-state index in [4.69, 9.17) is 4.52 Å². The van der Waals surface area contributed by atoms with Crippen molar-refractivity contribution < 1.29 is 4.52 Å². The lowest BCUT2D eigenvalue weighted by Gasteiger charge is -2.25. The van der Waals surface area contributed by atoms with Crippen molar-refractivity contribution in [3.63, 3.8) is 0 Å². The van der Waals surface area contributed by atoms with Crippen molar-refractivity contribution in [2.24, 2.45) is 0 Å². The van der Waals surface area contributed by atoms with E-state index in [0.29, 0.717) is 5.89 Å². The first-order valence-electron chi connectivity index (χ1n) is 4.57. The molecule has 1 N–H and O–H groups in total. The van der Waals surface area contributed by atoms with Gasteiger partial charge in [-0.2, -0.15) is 4.98 Å². The van der Waals surface area contributed by atoms with Gasteiger partial charge in [0.2, 0.25) is 5.89 Å². The van der Waals surface area contributed by atoms with Crippen LogP contribution < -0.4 is 5.32 Å². The average Bonchev–Trinajstić information content (AvgIpc) is 2.53. The monoisotopic (exact) mass is 218 g/mol. The van der Waals surface area contributed by atoms with Crippen molar-refractivity contribution in [1.29, 1.82) is 0 Å². The van der Waals surface area contributed by atoms with E-state index in [2.05, 4.69) is 20.4 Å². The number of nitrogens with zero attached hydrogens (tertiary/aromatic N) is 3. The zero-order valence-corrected chi connectivity index (χ0v) is 9.01. The van der Waals surface area contributed by atoms with Gasteiger partial charge in [-0.3, -0.25) is 4.90 Å². The smallest absolute Gasteiger partial charge is 0.223 e. The van der Waals surface area contributed by atoms with Gasteiger partial charge in [0.05, 0.1) is 6.54 Å². The maximum absolute atomic E-state index is 4.90. The molecule has 0 radical (unpaired) electrons. The molecule has 1 aromatic heterocycles. The van der Waals surface area contributed by atoms with Crippen LogP contribution in [0.25, 0.3) is 0 Å². The minimum Gasteiger partial charge on any atom is -0.340 e. The molecule has 2 rings (SSSR count). The molecule has 0 atom stereocenters. The van der Waals surface area contributed by atoms with Crippen molar-refractivity contribution in [3.8, 4) is 0 Å². The molecule has 14 heavy (non-hydrogen) atoms. The average molecular weight is 219 g/mol. The second kappa shape index (κ2) is 5.29. The van der Waals surface area contributed by atoms with Gasteiger partial charge in [0, 0.05) is 33.1 Å². The Hall–Kier alpha value is -0.650. The van der Waals surface area contributed by atoms with Crippen molar-refractivity contribution >= 4 is 12.4 Å². The fourth-order valence-electron chi connectivity index (χ4n) is 1.47. The normalized spacial score (nSPS) is 17.8. The number of hydrogen-bond acceptors (Lipinski definition) is 5. The van der Waals surface area contributed by atoms with Crippen LogP contribution in [0.4, 0.5) is 0 Å². The number of aryl methyl sites for hydroxylation is 1. The van der Waals surface area contributed by atoms with Crippen LogP contribution in [0.2, 0.25) is 0 Å². The second-order valence-corrected chi connectivity index (χ2v) is 3.26. The van der Waals surface area contributed by atoms with E-state index in [0.717, 1.165) is 38.5 Å². The first-order chi connectivity index (χ1) is 6.34. The van der Waals surface area contributed by atoms with Gasteiger partial charge in [0.1, 0.15) is 0 Å². The highest BCUT2D eigenvalue weighted by molar-refractivity contribution is 5.85. The molecule has 1 saturated heterocycles. The van der Waals surface area contributed by atoms with Gasteiger partial charge >= 0.3 is 0 Å². The summed E-state index contributed by atoms with van der Waals surface area (Å²) >= 11 is 0. The quantitative estimate of drug-likeness (QED) is 0.769. The van der Waals surface area contributed by atoms with Crippen molar-refractivity contribution in [1.82, 2.24) is 20.4 Å². The highest BCUT2D eigenvalue weighted by atomic mass is 35.5. The Morgan fingerprint density at radius 2 is 2.14 bits per heavy atom. The van der Waals surface area contributed by atoms with Gasteiger partial charge in [-0.25, -0.2) is 0 Å². The molecule has 0 saturated carbocycles. The van der Waals surface area contributed by atoms with Crippen LogP contribution in [0.5, 0.6) is 0 Å². The minimum absolute atomic E-state index is 0. The van der Waals surface area contributed by atoms with Crippen LogP contribution >= 0.6 is 12.4 Å². The summed E-state index contributed by atoms with van der Waals surface area (Å²) in [6.07, 6.45) is 0. The van der Waals surface area contributed by atoms with Gasteiger partial charge in [-0.1, -0.05) is 5.16 Å². The first kappa shape index (κ1) is 11.4. The summed E-state index contributed by atoms with van der Waals surface area (Å²) in [6, 6.07) is 0. The van der Waals surface area contributed by atoms with Crippen molar-refractivity contribution in [2.45, 2.75) is 13.5 Å². The molecule has 1 aliphatic heterocycles. The predicted octanol–water partition coefficient (Wildman–Crippen LogP) is 0.205. The molecule has 1 aromatic rings. The van der Waals surface area contributed by atoms with Crippen molar-refractivity contribution in [3.05, 3.63) is 11.7 Å². The summed E-state index contributed by atoms with van der Waals surface area (Å²) in [5.74, 6) is 1.43. The van der Waals surface area contributed by atoms with E-state index < -0.39 is 0 Å². The molecule has 0 amide bonds. The third-order valence-corrected chi connectivity index (χ3v) is 2.14. The lowest BCUT2D eigenvalue weighted by molar-refractivity contribution is 0.224. The molecule has 1 aliphatic rings. The maximum Gasteiger partial charge on any atom is 0.223 e. The third-order valence-electron chi connectivity index (χ3n) is 2.14. The molecule has 6 heteroatoms. The van der Waals surface area contributed by atoms with Crippen LogP contribution in [0.1, 0.15) is 11.7 Å². The van der Waals surface area contributed by atoms with Crippen LogP contribution in [-0.4, -0.2) is 41.2 Å². The summed E-state index contributed by atoms with van der Waals surface area (Å²) in [6.45, 7) is 6.85. The third kappa shape index (κ3) is 2.94. The molecule has 1 fully saturated rings. The van der Waals surface area contributed by atoms with Crippen LogP contribution in [0, 0.1) is 6.92 Å². The van der Waals surface area contributed by atoms with Crippen LogP contribution in [0.3, 0.4) is 0 Å². The Kier molecular flexibility index (Phi) is 4.31. The van der Waals surface area contributed by atoms with Gasteiger partial charge in [0.25, 0.3) is 0 Å². The van der Waals surface area contributed by atoms with E-state index in [1.807, 2.05) is 6.92 Å². The van der Waals surface area contributed by atoms with Gasteiger partial charge in [0.15, 0.2) is 5.82 Å². The fourth-order valence-corrected chi connectivity index (χ4v) is 1.47. The molecule has 2 heterocycles. The Bertz CT molecular complexity index is 272. The molecule has 0 aliphatic carbocycles. The molecular formula is C8H15ClN4O. The van der Waals surface area contributed by atoms with Crippen LogP contribution in [0.15, 0.2) is 4.52 Å². The number of piperazine rings is 1. The van der Waals surface area contributed by atoms with Gasteiger partial charge < -0.3 is 9.84 Å². The maximum atomic E-state index is 4.90. The topological polar surface area (TPSA) is 54.2 Å². The van der Waals surface area contributed by atoms with E-state index >= 15 is 0 Å². The Morgan fingerprint density at radius 1 is 1.43 bits per heavy atom. The highest BCUT2D eigenvalue weighted by Crippen LogP contribution is 2.01. The second-order valence-electron chi connectivity index (χ2n) is 3.26. The number of rotatable bonds is 2. The summed E-state index contributed by atoms with van der Waals surface area (Å²) in [4.78, 5) is 6.49. The summed E-state index contributed by atoms with van der Waals surface area (Å²) in [5, 5.41) is 7.16. The zero-order valence-electron chi connectivity index (χ0n) is 8.19. The molecule has 0 aromatic carbocycles. The van der Waals surface area contributed by atoms with Crippen LogP contribution in [-0.2, 0) is 6.54 Å². The first-order valence-corrected chi connectivity index (χ1v) is 4.57. The predicted molar refractivity (Wildman–Crippen MR) is 54.4 cm³/mol. The summed E-state index contributed by atoms with van der Waals surface area (Å²) < 4.78 is 4.90. The lowest BCUT2D eigenvalue weighted by Crippen LogP contribution is -2.43.